The number of aliphatic imine (C=N–C) groups is 1. The maximum atomic E-state index is 6.32. The Hall–Kier alpha value is -1.07. The van der Waals surface area contributed by atoms with Gasteiger partial charge in [-0.05, 0) is 45.9 Å². The van der Waals surface area contributed by atoms with Gasteiger partial charge in [0.1, 0.15) is 0 Å². The standard InChI is InChI=1S/C16H22BrN3O/c1-14(2)9-16(15(3,4)21-14)10-19-13(18)20(16)12-7-5-6-11(17)8-12/h5-8H,9-10H2,1-4H3,(H2,18,19). The summed E-state index contributed by atoms with van der Waals surface area (Å²) in [4.78, 5) is 6.70. The van der Waals surface area contributed by atoms with Gasteiger partial charge in [0, 0.05) is 16.6 Å². The van der Waals surface area contributed by atoms with Crippen molar-refractivity contribution in [2.24, 2.45) is 10.7 Å². The Bertz CT molecular complexity index is 611. The maximum Gasteiger partial charge on any atom is 0.196 e. The van der Waals surface area contributed by atoms with E-state index in [4.69, 9.17) is 10.5 Å². The van der Waals surface area contributed by atoms with Gasteiger partial charge >= 0.3 is 0 Å². The van der Waals surface area contributed by atoms with Crippen LogP contribution in [0.1, 0.15) is 34.1 Å². The molecular weight excluding hydrogens is 330 g/mol. The van der Waals surface area contributed by atoms with Crippen LogP contribution >= 0.6 is 15.9 Å². The Labute approximate surface area is 134 Å². The Morgan fingerprint density at radius 2 is 2.00 bits per heavy atom. The van der Waals surface area contributed by atoms with Crippen molar-refractivity contribution in [2.45, 2.75) is 50.9 Å². The first kappa shape index (κ1) is 14.9. The zero-order valence-electron chi connectivity index (χ0n) is 13.0. The van der Waals surface area contributed by atoms with Crippen LogP contribution in [0.4, 0.5) is 5.69 Å². The lowest BCUT2D eigenvalue weighted by Gasteiger charge is -2.44. The molecule has 114 valence electrons. The zero-order chi connectivity index (χ0) is 15.5. The fourth-order valence-electron chi connectivity index (χ4n) is 3.90. The summed E-state index contributed by atoms with van der Waals surface area (Å²) >= 11 is 3.54. The Morgan fingerprint density at radius 3 is 2.57 bits per heavy atom. The van der Waals surface area contributed by atoms with Crippen molar-refractivity contribution in [3.05, 3.63) is 28.7 Å². The second-order valence-electron chi connectivity index (χ2n) is 7.07. The quantitative estimate of drug-likeness (QED) is 0.844. The number of guanidine groups is 1. The zero-order valence-corrected chi connectivity index (χ0v) is 14.6. The molecule has 2 N–H and O–H groups in total. The van der Waals surface area contributed by atoms with E-state index < -0.39 is 0 Å². The fourth-order valence-corrected chi connectivity index (χ4v) is 4.29. The number of ether oxygens (including phenoxy) is 1. The minimum atomic E-state index is -0.330. The smallest absolute Gasteiger partial charge is 0.196 e. The van der Waals surface area contributed by atoms with E-state index in [2.05, 4.69) is 65.6 Å². The molecule has 1 fully saturated rings. The van der Waals surface area contributed by atoms with Crippen LogP contribution in [0.2, 0.25) is 0 Å². The van der Waals surface area contributed by atoms with Gasteiger partial charge in [-0.3, -0.25) is 4.99 Å². The summed E-state index contributed by atoms with van der Waals surface area (Å²) in [6.45, 7) is 9.22. The van der Waals surface area contributed by atoms with Crippen molar-refractivity contribution in [2.75, 3.05) is 11.4 Å². The third kappa shape index (κ3) is 2.18. The van der Waals surface area contributed by atoms with Crippen LogP contribution in [0, 0.1) is 0 Å². The number of nitrogens with two attached hydrogens (primary N) is 1. The molecule has 1 aromatic carbocycles. The van der Waals surface area contributed by atoms with Crippen molar-refractivity contribution in [1.29, 1.82) is 0 Å². The van der Waals surface area contributed by atoms with E-state index in [1.165, 1.54) is 0 Å². The van der Waals surface area contributed by atoms with Crippen molar-refractivity contribution in [1.82, 2.24) is 0 Å². The number of rotatable bonds is 1. The molecule has 0 radical (unpaired) electrons. The van der Waals surface area contributed by atoms with Crippen LogP contribution in [-0.4, -0.2) is 29.2 Å². The van der Waals surface area contributed by atoms with Crippen LogP contribution < -0.4 is 10.6 Å². The molecule has 1 unspecified atom stereocenters. The van der Waals surface area contributed by atoms with Gasteiger partial charge in [0.25, 0.3) is 0 Å². The summed E-state index contributed by atoms with van der Waals surface area (Å²) in [5, 5.41) is 0. The second kappa shape index (κ2) is 4.46. The molecule has 2 aliphatic rings. The molecule has 2 aliphatic heterocycles. The Balaban J connectivity index is 2.11. The van der Waals surface area contributed by atoms with Crippen molar-refractivity contribution < 1.29 is 4.74 Å². The molecule has 5 heteroatoms. The third-order valence-corrected chi connectivity index (χ3v) is 5.09. The number of hydrogen-bond donors (Lipinski definition) is 1. The molecule has 1 saturated heterocycles. The van der Waals surface area contributed by atoms with Crippen LogP contribution in [0.25, 0.3) is 0 Å². The molecular formula is C16H22BrN3O. The molecule has 3 rings (SSSR count). The molecule has 21 heavy (non-hydrogen) atoms. The highest BCUT2D eigenvalue weighted by atomic mass is 79.9. The largest absolute Gasteiger partial charge is 0.369 e. The third-order valence-electron chi connectivity index (χ3n) is 4.60. The average Bonchev–Trinajstić information content (AvgIpc) is 2.74. The molecule has 0 bridgehead atoms. The summed E-state index contributed by atoms with van der Waals surface area (Å²) in [7, 11) is 0. The van der Waals surface area contributed by atoms with Crippen molar-refractivity contribution >= 4 is 27.6 Å². The fraction of sp³-hybridized carbons (Fsp3) is 0.562. The van der Waals surface area contributed by atoms with E-state index in [1.807, 2.05) is 12.1 Å². The maximum absolute atomic E-state index is 6.32. The number of hydrogen-bond acceptors (Lipinski definition) is 4. The Kier molecular flexibility index (Phi) is 3.16. The molecule has 0 amide bonds. The molecule has 0 aliphatic carbocycles. The van der Waals surface area contributed by atoms with Crippen LogP contribution in [0.15, 0.2) is 33.7 Å². The number of benzene rings is 1. The van der Waals surface area contributed by atoms with Gasteiger partial charge in [0.05, 0.1) is 23.3 Å². The molecule has 0 aromatic heterocycles. The predicted molar refractivity (Wildman–Crippen MR) is 89.7 cm³/mol. The summed E-state index contributed by atoms with van der Waals surface area (Å²) in [6.07, 6.45) is 0.893. The van der Waals surface area contributed by atoms with Crippen LogP contribution in [0.3, 0.4) is 0 Å². The first-order chi connectivity index (χ1) is 9.67. The van der Waals surface area contributed by atoms with Gasteiger partial charge in [-0.2, -0.15) is 0 Å². The van der Waals surface area contributed by atoms with Crippen molar-refractivity contribution in [3.63, 3.8) is 0 Å². The molecule has 1 atom stereocenters. The summed E-state index contributed by atoms with van der Waals surface area (Å²) in [5.74, 6) is 0.572. The Morgan fingerprint density at radius 1 is 1.29 bits per heavy atom. The van der Waals surface area contributed by atoms with Crippen LogP contribution in [0.5, 0.6) is 0 Å². The first-order valence-electron chi connectivity index (χ1n) is 7.23. The van der Waals surface area contributed by atoms with Gasteiger partial charge in [0.15, 0.2) is 5.96 Å². The van der Waals surface area contributed by atoms with E-state index in [9.17, 15) is 0 Å². The van der Waals surface area contributed by atoms with Crippen LogP contribution in [-0.2, 0) is 4.74 Å². The van der Waals surface area contributed by atoms with E-state index >= 15 is 0 Å². The average molecular weight is 352 g/mol. The highest BCUT2D eigenvalue weighted by molar-refractivity contribution is 9.10. The summed E-state index contributed by atoms with van der Waals surface area (Å²) in [5.41, 5.74) is 6.53. The van der Waals surface area contributed by atoms with Gasteiger partial charge in [-0.25, -0.2) is 0 Å². The normalized spacial score (nSPS) is 30.0. The van der Waals surface area contributed by atoms with E-state index in [-0.39, 0.29) is 16.7 Å². The minimum absolute atomic E-state index is 0.187. The van der Waals surface area contributed by atoms with Gasteiger partial charge in [-0.15, -0.1) is 0 Å². The number of anilines is 1. The lowest BCUT2D eigenvalue weighted by molar-refractivity contribution is -0.0764. The SMILES string of the molecule is CC1(C)CC2(CN=C(N)N2c2cccc(Br)c2)C(C)(C)O1. The molecule has 0 saturated carbocycles. The highest BCUT2D eigenvalue weighted by Crippen LogP contribution is 2.51. The van der Waals surface area contributed by atoms with E-state index in [0.29, 0.717) is 12.5 Å². The monoisotopic (exact) mass is 351 g/mol. The molecule has 1 aromatic rings. The van der Waals surface area contributed by atoms with Crippen molar-refractivity contribution in [3.8, 4) is 0 Å². The first-order valence-corrected chi connectivity index (χ1v) is 8.02. The summed E-state index contributed by atoms with van der Waals surface area (Å²) < 4.78 is 7.36. The van der Waals surface area contributed by atoms with Gasteiger partial charge in [-0.1, -0.05) is 22.0 Å². The van der Waals surface area contributed by atoms with Gasteiger partial charge in [0.2, 0.25) is 0 Å². The second-order valence-corrected chi connectivity index (χ2v) is 7.99. The topological polar surface area (TPSA) is 50.8 Å². The molecule has 4 nitrogen and oxygen atoms in total. The lowest BCUT2D eigenvalue weighted by atomic mass is 9.78. The van der Waals surface area contributed by atoms with E-state index in [0.717, 1.165) is 16.6 Å². The number of nitrogens with zero attached hydrogens (tertiary/aromatic N) is 2. The lowest BCUT2D eigenvalue weighted by Crippen LogP contribution is -2.61. The van der Waals surface area contributed by atoms with E-state index in [1.54, 1.807) is 0 Å². The highest BCUT2D eigenvalue weighted by Gasteiger charge is 2.62. The minimum Gasteiger partial charge on any atom is -0.369 e. The van der Waals surface area contributed by atoms with Gasteiger partial charge < -0.3 is 15.4 Å². The molecule has 1 spiro atoms. The molecule has 2 heterocycles. The number of halogens is 1. The predicted octanol–water partition coefficient (Wildman–Crippen LogP) is 3.30. The summed E-state index contributed by atoms with van der Waals surface area (Å²) in [6, 6.07) is 8.19.